The molecular weight excluding hydrogens is 330 g/mol. The minimum atomic E-state index is -0.373. The summed E-state index contributed by atoms with van der Waals surface area (Å²) in [4.78, 5) is 27.5. The second-order valence-electron chi connectivity index (χ2n) is 6.73. The third-order valence-corrected chi connectivity index (χ3v) is 5.41. The van der Waals surface area contributed by atoms with Crippen LogP contribution in [-0.4, -0.2) is 37.4 Å². The standard InChI is InChI=1S/C21H21NO4/c1-25-17-10-14-8-9-22-19(23)12-16(20(22)15(14)11-18(17)26-2)21(24)13-6-4-3-5-7-13/h3-7,10-11,16,20H,8-9,12H2,1-2H3/t16-,20+/m1/s1. The van der Waals surface area contributed by atoms with Crippen LogP contribution < -0.4 is 9.47 Å². The van der Waals surface area contributed by atoms with Crippen molar-refractivity contribution in [3.8, 4) is 11.5 Å². The number of amides is 1. The number of benzene rings is 2. The van der Waals surface area contributed by atoms with Gasteiger partial charge in [0.25, 0.3) is 0 Å². The van der Waals surface area contributed by atoms with Crippen LogP contribution in [-0.2, 0) is 11.2 Å². The van der Waals surface area contributed by atoms with Gasteiger partial charge in [-0.15, -0.1) is 0 Å². The number of carbonyl (C=O) groups is 2. The van der Waals surface area contributed by atoms with Gasteiger partial charge >= 0.3 is 0 Å². The molecule has 2 heterocycles. The molecule has 2 atom stereocenters. The molecule has 2 aromatic carbocycles. The van der Waals surface area contributed by atoms with Gasteiger partial charge in [0.1, 0.15) is 0 Å². The third-order valence-electron chi connectivity index (χ3n) is 5.41. The van der Waals surface area contributed by atoms with E-state index < -0.39 is 0 Å². The Bertz CT molecular complexity index is 862. The predicted octanol–water partition coefficient (Wildman–Crippen LogP) is 3.03. The topological polar surface area (TPSA) is 55.8 Å². The van der Waals surface area contributed by atoms with Crippen molar-refractivity contribution < 1.29 is 19.1 Å². The van der Waals surface area contributed by atoms with E-state index in [0.29, 0.717) is 23.6 Å². The maximum absolute atomic E-state index is 13.1. The number of ketones is 1. The number of hydrogen-bond donors (Lipinski definition) is 0. The third kappa shape index (κ3) is 2.55. The van der Waals surface area contributed by atoms with Crippen molar-refractivity contribution in [3.63, 3.8) is 0 Å². The Hall–Kier alpha value is -2.82. The van der Waals surface area contributed by atoms with Crippen LogP contribution in [0.2, 0.25) is 0 Å². The number of nitrogens with zero attached hydrogens (tertiary/aromatic N) is 1. The summed E-state index contributed by atoms with van der Waals surface area (Å²) in [5.74, 6) is 0.995. The lowest BCUT2D eigenvalue weighted by Gasteiger charge is -2.34. The lowest BCUT2D eigenvalue weighted by Crippen LogP contribution is -2.36. The van der Waals surface area contributed by atoms with E-state index in [1.54, 1.807) is 14.2 Å². The highest BCUT2D eigenvalue weighted by molar-refractivity contribution is 6.02. The summed E-state index contributed by atoms with van der Waals surface area (Å²) in [6.07, 6.45) is 1.01. The molecule has 0 spiro atoms. The molecule has 134 valence electrons. The first-order chi connectivity index (χ1) is 12.6. The van der Waals surface area contributed by atoms with Crippen molar-refractivity contribution in [1.82, 2.24) is 4.90 Å². The quantitative estimate of drug-likeness (QED) is 0.795. The smallest absolute Gasteiger partial charge is 0.223 e. The van der Waals surface area contributed by atoms with Crippen LogP contribution in [0, 0.1) is 5.92 Å². The molecule has 2 aromatic rings. The van der Waals surface area contributed by atoms with Crippen LogP contribution in [0.15, 0.2) is 42.5 Å². The van der Waals surface area contributed by atoms with Gasteiger partial charge in [0.15, 0.2) is 17.3 Å². The van der Waals surface area contributed by atoms with Crippen molar-refractivity contribution in [2.45, 2.75) is 18.9 Å². The molecule has 0 aromatic heterocycles. The van der Waals surface area contributed by atoms with E-state index in [4.69, 9.17) is 9.47 Å². The van der Waals surface area contributed by atoms with E-state index in [9.17, 15) is 9.59 Å². The van der Waals surface area contributed by atoms with E-state index in [1.807, 2.05) is 47.4 Å². The van der Waals surface area contributed by atoms with Gasteiger partial charge in [-0.1, -0.05) is 30.3 Å². The first kappa shape index (κ1) is 16.6. The molecule has 4 rings (SSSR count). The number of carbonyl (C=O) groups excluding carboxylic acids is 2. The second-order valence-corrected chi connectivity index (χ2v) is 6.73. The molecule has 0 radical (unpaired) electrons. The molecule has 1 fully saturated rings. The molecule has 5 heteroatoms. The van der Waals surface area contributed by atoms with Gasteiger partial charge in [-0.25, -0.2) is 0 Å². The zero-order valence-electron chi connectivity index (χ0n) is 14.9. The average Bonchev–Trinajstić information content (AvgIpc) is 3.03. The summed E-state index contributed by atoms with van der Waals surface area (Å²) < 4.78 is 10.9. The Balaban J connectivity index is 1.78. The minimum Gasteiger partial charge on any atom is -0.493 e. The number of rotatable bonds is 4. The SMILES string of the molecule is COc1cc2c(cc1OC)[C@H]1[C@H](C(=O)c3ccccc3)CC(=O)N1CC2. The Kier molecular flexibility index (Phi) is 4.15. The Morgan fingerprint density at radius 3 is 2.46 bits per heavy atom. The van der Waals surface area contributed by atoms with Crippen LogP contribution in [0.4, 0.5) is 0 Å². The summed E-state index contributed by atoms with van der Waals surface area (Å²) in [7, 11) is 3.21. The number of methoxy groups -OCH3 is 2. The number of fused-ring (bicyclic) bond motifs is 3. The number of ether oxygens (including phenoxy) is 2. The number of hydrogen-bond acceptors (Lipinski definition) is 4. The van der Waals surface area contributed by atoms with E-state index in [0.717, 1.165) is 17.5 Å². The molecule has 0 saturated carbocycles. The zero-order valence-corrected chi connectivity index (χ0v) is 14.9. The molecule has 2 aliphatic heterocycles. The first-order valence-corrected chi connectivity index (χ1v) is 8.77. The fraction of sp³-hybridized carbons (Fsp3) is 0.333. The van der Waals surface area contributed by atoms with Crippen LogP contribution in [0.1, 0.15) is 33.9 Å². The average molecular weight is 351 g/mol. The Labute approximate surface area is 152 Å². The van der Waals surface area contributed by atoms with Crippen molar-refractivity contribution in [2.24, 2.45) is 5.92 Å². The molecule has 1 saturated heterocycles. The Morgan fingerprint density at radius 2 is 1.77 bits per heavy atom. The van der Waals surface area contributed by atoms with Gasteiger partial charge in [-0.05, 0) is 29.7 Å². The molecule has 0 aliphatic carbocycles. The lowest BCUT2D eigenvalue weighted by atomic mass is 9.83. The molecule has 0 N–H and O–H groups in total. The van der Waals surface area contributed by atoms with Crippen LogP contribution in [0.5, 0.6) is 11.5 Å². The molecule has 1 amide bonds. The maximum atomic E-state index is 13.1. The summed E-state index contributed by atoms with van der Waals surface area (Å²) in [6.45, 7) is 0.630. The highest BCUT2D eigenvalue weighted by atomic mass is 16.5. The fourth-order valence-corrected chi connectivity index (χ4v) is 4.16. The highest BCUT2D eigenvalue weighted by Crippen LogP contribution is 2.46. The Morgan fingerprint density at radius 1 is 1.08 bits per heavy atom. The van der Waals surface area contributed by atoms with Crippen LogP contribution in [0.3, 0.4) is 0 Å². The summed E-state index contributed by atoms with van der Waals surface area (Å²) in [5.41, 5.74) is 2.76. The molecule has 2 aliphatic rings. The monoisotopic (exact) mass is 351 g/mol. The van der Waals surface area contributed by atoms with Gasteiger partial charge in [-0.3, -0.25) is 9.59 Å². The molecule has 5 nitrogen and oxygen atoms in total. The van der Waals surface area contributed by atoms with Gasteiger partial charge in [0.2, 0.25) is 5.91 Å². The van der Waals surface area contributed by atoms with Gasteiger partial charge in [0.05, 0.1) is 26.2 Å². The fourth-order valence-electron chi connectivity index (χ4n) is 4.16. The molecule has 26 heavy (non-hydrogen) atoms. The molecule has 0 bridgehead atoms. The summed E-state index contributed by atoms with van der Waals surface area (Å²) in [6, 6.07) is 12.9. The second kappa shape index (κ2) is 6.48. The first-order valence-electron chi connectivity index (χ1n) is 8.77. The van der Waals surface area contributed by atoms with Crippen molar-refractivity contribution in [2.75, 3.05) is 20.8 Å². The minimum absolute atomic E-state index is 0.0223. The maximum Gasteiger partial charge on any atom is 0.223 e. The van der Waals surface area contributed by atoms with E-state index >= 15 is 0 Å². The van der Waals surface area contributed by atoms with Gasteiger partial charge in [-0.2, -0.15) is 0 Å². The molecular formula is C21H21NO4. The summed E-state index contributed by atoms with van der Waals surface area (Å²) >= 11 is 0. The lowest BCUT2D eigenvalue weighted by molar-refractivity contribution is -0.129. The van der Waals surface area contributed by atoms with Crippen LogP contribution >= 0.6 is 0 Å². The van der Waals surface area contributed by atoms with Crippen molar-refractivity contribution in [3.05, 3.63) is 59.2 Å². The summed E-state index contributed by atoms with van der Waals surface area (Å²) in [5, 5.41) is 0. The highest BCUT2D eigenvalue weighted by Gasteiger charge is 2.47. The number of Topliss-reactive ketones (excluding diaryl/α,β-unsaturated/α-hetero) is 1. The van der Waals surface area contributed by atoms with Crippen molar-refractivity contribution in [1.29, 1.82) is 0 Å². The van der Waals surface area contributed by atoms with E-state index in [1.165, 1.54) is 0 Å². The predicted molar refractivity (Wildman–Crippen MR) is 96.6 cm³/mol. The zero-order chi connectivity index (χ0) is 18.3. The van der Waals surface area contributed by atoms with Crippen LogP contribution in [0.25, 0.3) is 0 Å². The largest absolute Gasteiger partial charge is 0.493 e. The van der Waals surface area contributed by atoms with Gasteiger partial charge < -0.3 is 14.4 Å². The van der Waals surface area contributed by atoms with E-state index in [-0.39, 0.29) is 30.1 Å². The van der Waals surface area contributed by atoms with E-state index in [2.05, 4.69) is 0 Å². The normalized spacial score (nSPS) is 21.2. The van der Waals surface area contributed by atoms with Crippen molar-refractivity contribution >= 4 is 11.7 Å². The molecule has 0 unspecified atom stereocenters. The van der Waals surface area contributed by atoms with Gasteiger partial charge in [0, 0.05) is 18.5 Å².